The minimum atomic E-state index is -0.590. The van der Waals surface area contributed by atoms with Crippen molar-refractivity contribution in [1.29, 1.82) is 0 Å². The number of carbonyl (C=O) groups excluding carboxylic acids is 2. The molecule has 0 radical (unpaired) electrons. The Hall–Kier alpha value is -1.71. The summed E-state index contributed by atoms with van der Waals surface area (Å²) in [6.45, 7) is 5.88. The van der Waals surface area contributed by atoms with Crippen molar-refractivity contribution in [2.45, 2.75) is 38.6 Å². The standard InChI is InChI=1S/C14H14FNO2/c1-7-6-14(2,3)16-11-9(7)4-8(15)5-10(11)12(17)13(16)18/h4-5,7H,6H2,1-3H3/t7-/m0/s1. The van der Waals surface area contributed by atoms with Crippen molar-refractivity contribution in [3.05, 3.63) is 29.1 Å². The summed E-state index contributed by atoms with van der Waals surface area (Å²) < 4.78 is 13.5. The van der Waals surface area contributed by atoms with Crippen LogP contribution in [-0.2, 0) is 4.79 Å². The van der Waals surface area contributed by atoms with Crippen LogP contribution in [0.2, 0.25) is 0 Å². The summed E-state index contributed by atoms with van der Waals surface area (Å²) in [6, 6.07) is 2.62. The van der Waals surface area contributed by atoms with Crippen molar-refractivity contribution in [3.63, 3.8) is 0 Å². The van der Waals surface area contributed by atoms with Gasteiger partial charge < -0.3 is 0 Å². The van der Waals surface area contributed by atoms with Gasteiger partial charge in [0.05, 0.1) is 11.3 Å². The predicted molar refractivity (Wildman–Crippen MR) is 65.3 cm³/mol. The van der Waals surface area contributed by atoms with Crippen LogP contribution in [-0.4, -0.2) is 17.2 Å². The number of halogens is 1. The Morgan fingerprint density at radius 3 is 2.67 bits per heavy atom. The summed E-state index contributed by atoms with van der Waals surface area (Å²) >= 11 is 0. The maximum atomic E-state index is 13.5. The Balaban J connectivity index is 2.36. The Labute approximate surface area is 105 Å². The Morgan fingerprint density at radius 2 is 2.00 bits per heavy atom. The number of hydrogen-bond acceptors (Lipinski definition) is 2. The van der Waals surface area contributed by atoms with Crippen LogP contribution in [0.5, 0.6) is 0 Å². The highest BCUT2D eigenvalue weighted by Gasteiger charge is 2.49. The smallest absolute Gasteiger partial charge is 0.299 e. The third kappa shape index (κ3) is 1.23. The molecule has 0 spiro atoms. The van der Waals surface area contributed by atoms with Gasteiger partial charge in [-0.3, -0.25) is 14.5 Å². The molecule has 2 aliphatic heterocycles. The van der Waals surface area contributed by atoms with Gasteiger partial charge in [0.15, 0.2) is 0 Å². The SMILES string of the molecule is C[C@H]1CC(C)(C)N2C(=O)C(=O)c3cc(F)cc1c32. The van der Waals surface area contributed by atoms with E-state index in [1.807, 2.05) is 20.8 Å². The van der Waals surface area contributed by atoms with Gasteiger partial charge in [0, 0.05) is 5.54 Å². The van der Waals surface area contributed by atoms with Crippen LogP contribution in [0.1, 0.15) is 49.0 Å². The van der Waals surface area contributed by atoms with Crippen molar-refractivity contribution < 1.29 is 14.0 Å². The van der Waals surface area contributed by atoms with Gasteiger partial charge in [-0.15, -0.1) is 0 Å². The van der Waals surface area contributed by atoms with Gasteiger partial charge in [-0.1, -0.05) is 6.92 Å². The highest BCUT2D eigenvalue weighted by Crippen LogP contribution is 2.48. The molecule has 1 amide bonds. The van der Waals surface area contributed by atoms with E-state index >= 15 is 0 Å². The van der Waals surface area contributed by atoms with E-state index in [2.05, 4.69) is 0 Å². The monoisotopic (exact) mass is 247 g/mol. The van der Waals surface area contributed by atoms with E-state index in [1.165, 1.54) is 12.1 Å². The first-order valence-electron chi connectivity index (χ1n) is 6.05. The fraction of sp³-hybridized carbons (Fsp3) is 0.429. The van der Waals surface area contributed by atoms with Crippen LogP contribution in [0.3, 0.4) is 0 Å². The van der Waals surface area contributed by atoms with Crippen molar-refractivity contribution in [1.82, 2.24) is 0 Å². The lowest BCUT2D eigenvalue weighted by Crippen LogP contribution is -2.50. The molecule has 94 valence electrons. The van der Waals surface area contributed by atoms with E-state index < -0.39 is 23.0 Å². The van der Waals surface area contributed by atoms with Gasteiger partial charge in [0.2, 0.25) is 0 Å². The third-order valence-corrected chi connectivity index (χ3v) is 3.91. The van der Waals surface area contributed by atoms with E-state index in [0.717, 1.165) is 12.0 Å². The maximum Gasteiger partial charge on any atom is 0.299 e. The zero-order valence-corrected chi connectivity index (χ0v) is 10.6. The number of rotatable bonds is 0. The number of anilines is 1. The molecule has 2 aliphatic rings. The first kappa shape index (κ1) is 11.4. The summed E-state index contributed by atoms with van der Waals surface area (Å²) in [5.41, 5.74) is 1.20. The van der Waals surface area contributed by atoms with Crippen molar-refractivity contribution in [2.24, 2.45) is 0 Å². The Morgan fingerprint density at radius 1 is 1.33 bits per heavy atom. The molecular formula is C14H14FNO2. The fourth-order valence-corrected chi connectivity index (χ4v) is 3.27. The van der Waals surface area contributed by atoms with Gasteiger partial charge in [0.25, 0.3) is 11.7 Å². The molecule has 4 heteroatoms. The highest BCUT2D eigenvalue weighted by molar-refractivity contribution is 6.52. The summed E-state index contributed by atoms with van der Waals surface area (Å²) in [7, 11) is 0. The number of nitrogens with zero attached hydrogens (tertiary/aromatic N) is 1. The fourth-order valence-electron chi connectivity index (χ4n) is 3.27. The van der Waals surface area contributed by atoms with Gasteiger partial charge >= 0.3 is 0 Å². The molecular weight excluding hydrogens is 233 g/mol. The quantitative estimate of drug-likeness (QED) is 0.661. The number of hydrogen-bond donors (Lipinski definition) is 0. The molecule has 3 nitrogen and oxygen atoms in total. The zero-order chi connectivity index (χ0) is 13.2. The lowest BCUT2D eigenvalue weighted by molar-refractivity contribution is -0.115. The third-order valence-electron chi connectivity index (χ3n) is 3.91. The Bertz CT molecular complexity index is 592. The van der Waals surface area contributed by atoms with Crippen LogP contribution >= 0.6 is 0 Å². The summed E-state index contributed by atoms with van der Waals surface area (Å²) in [6.07, 6.45) is 0.724. The molecule has 0 N–H and O–H groups in total. The number of carbonyl (C=O) groups is 2. The largest absolute Gasteiger partial charge is 0.299 e. The average Bonchev–Trinajstić information content (AvgIpc) is 2.50. The van der Waals surface area contributed by atoms with Crippen molar-refractivity contribution >= 4 is 17.4 Å². The topological polar surface area (TPSA) is 37.4 Å². The molecule has 0 saturated carbocycles. The van der Waals surface area contributed by atoms with E-state index in [1.54, 1.807) is 4.90 Å². The van der Waals surface area contributed by atoms with Crippen molar-refractivity contribution in [3.8, 4) is 0 Å². The van der Waals surface area contributed by atoms with E-state index in [-0.39, 0.29) is 11.5 Å². The molecule has 0 fully saturated rings. The molecule has 0 aromatic heterocycles. The normalized spacial score (nSPS) is 24.4. The first-order chi connectivity index (χ1) is 8.33. The maximum absolute atomic E-state index is 13.5. The molecule has 2 heterocycles. The minimum absolute atomic E-state index is 0.138. The lowest BCUT2D eigenvalue weighted by Gasteiger charge is -2.43. The molecule has 0 saturated heterocycles. The minimum Gasteiger partial charge on any atom is -0.299 e. The molecule has 0 bridgehead atoms. The Kier molecular flexibility index (Phi) is 2.02. The highest BCUT2D eigenvalue weighted by atomic mass is 19.1. The number of Topliss-reactive ketones (excluding diaryl/α,β-unsaturated/α-hetero) is 1. The van der Waals surface area contributed by atoms with Crippen LogP contribution in [0, 0.1) is 5.82 Å². The lowest BCUT2D eigenvalue weighted by atomic mass is 9.80. The van der Waals surface area contributed by atoms with Gasteiger partial charge in [0.1, 0.15) is 5.82 Å². The second-order valence-electron chi connectivity index (χ2n) is 5.78. The van der Waals surface area contributed by atoms with Crippen molar-refractivity contribution in [2.75, 3.05) is 4.90 Å². The summed E-state index contributed by atoms with van der Waals surface area (Å²) in [5, 5.41) is 0. The van der Waals surface area contributed by atoms with E-state index in [4.69, 9.17) is 0 Å². The zero-order valence-electron chi connectivity index (χ0n) is 10.6. The summed E-state index contributed by atoms with van der Waals surface area (Å²) in [4.78, 5) is 25.5. The second kappa shape index (κ2) is 3.19. The molecule has 0 unspecified atom stereocenters. The van der Waals surface area contributed by atoms with Crippen LogP contribution in [0.4, 0.5) is 10.1 Å². The molecule has 1 aromatic carbocycles. The molecule has 18 heavy (non-hydrogen) atoms. The average molecular weight is 247 g/mol. The van der Waals surface area contributed by atoms with Crippen LogP contribution in [0.25, 0.3) is 0 Å². The molecule has 0 aliphatic carbocycles. The van der Waals surface area contributed by atoms with Gasteiger partial charge in [-0.2, -0.15) is 0 Å². The second-order valence-corrected chi connectivity index (χ2v) is 5.78. The van der Waals surface area contributed by atoms with E-state index in [0.29, 0.717) is 5.69 Å². The number of amides is 1. The van der Waals surface area contributed by atoms with E-state index in [9.17, 15) is 14.0 Å². The molecule has 1 atom stereocenters. The molecule has 3 rings (SSSR count). The van der Waals surface area contributed by atoms with Gasteiger partial charge in [-0.25, -0.2) is 4.39 Å². The number of ketones is 1. The first-order valence-corrected chi connectivity index (χ1v) is 6.05. The van der Waals surface area contributed by atoms with Crippen LogP contribution < -0.4 is 4.90 Å². The predicted octanol–water partition coefficient (Wildman–Crippen LogP) is 2.64. The summed E-state index contributed by atoms with van der Waals surface area (Å²) in [5.74, 6) is -1.43. The van der Waals surface area contributed by atoms with Crippen LogP contribution in [0.15, 0.2) is 12.1 Å². The number of benzene rings is 1. The molecule has 1 aromatic rings. The van der Waals surface area contributed by atoms with Gasteiger partial charge in [-0.05, 0) is 43.9 Å².